The molecule has 0 aliphatic carbocycles. The lowest BCUT2D eigenvalue weighted by atomic mass is 10.1. The van der Waals surface area contributed by atoms with Crippen LogP contribution in [0.25, 0.3) is 33.3 Å². The van der Waals surface area contributed by atoms with Crippen LogP contribution in [-0.2, 0) is 6.54 Å². The van der Waals surface area contributed by atoms with E-state index in [1.165, 1.54) is 23.1 Å². The van der Waals surface area contributed by atoms with E-state index in [1.807, 2.05) is 24.8 Å². The Balaban J connectivity index is 1.62. The number of pyridine rings is 1. The van der Waals surface area contributed by atoms with Crippen molar-refractivity contribution < 1.29 is 0 Å². The van der Waals surface area contributed by atoms with Gasteiger partial charge in [0.15, 0.2) is 5.65 Å². The van der Waals surface area contributed by atoms with Gasteiger partial charge in [-0.2, -0.15) is 11.8 Å². The van der Waals surface area contributed by atoms with Crippen molar-refractivity contribution in [2.75, 3.05) is 17.7 Å². The van der Waals surface area contributed by atoms with Gasteiger partial charge in [0.05, 0.1) is 5.52 Å². The second-order valence-electron chi connectivity index (χ2n) is 7.28. The van der Waals surface area contributed by atoms with Gasteiger partial charge in [-0.1, -0.05) is 6.07 Å². The summed E-state index contributed by atoms with van der Waals surface area (Å²) in [7, 11) is 0. The van der Waals surface area contributed by atoms with Gasteiger partial charge in [-0.3, -0.25) is 0 Å². The molecule has 5 N–H and O–H groups in total. The highest BCUT2D eigenvalue weighted by Crippen LogP contribution is 2.30. The van der Waals surface area contributed by atoms with Crippen LogP contribution in [0.1, 0.15) is 24.7 Å². The maximum absolute atomic E-state index is 6.00. The van der Waals surface area contributed by atoms with E-state index in [9.17, 15) is 0 Å². The first-order valence-electron chi connectivity index (χ1n) is 9.50. The Kier molecular flexibility index (Phi) is 5.28. The van der Waals surface area contributed by atoms with E-state index in [0.29, 0.717) is 17.5 Å². The number of H-pyrrole nitrogens is 2. The van der Waals surface area contributed by atoms with Gasteiger partial charge < -0.3 is 21.0 Å². The summed E-state index contributed by atoms with van der Waals surface area (Å²) in [5.74, 6) is 2.48. The number of nitrogen functional groups attached to an aromatic ring is 1. The normalized spacial score (nSPS) is 12.8. The van der Waals surface area contributed by atoms with Gasteiger partial charge in [0.1, 0.15) is 11.6 Å². The number of aromatic nitrogens is 4. The zero-order valence-electron chi connectivity index (χ0n) is 16.5. The molecule has 0 spiro atoms. The third kappa shape index (κ3) is 3.86. The molecule has 3 heterocycles. The molecule has 0 aliphatic heterocycles. The number of rotatable bonds is 7. The number of aromatic amines is 2. The number of nitrogens with zero attached hydrogens (tertiary/aromatic N) is 2. The van der Waals surface area contributed by atoms with E-state index in [1.54, 1.807) is 0 Å². The molecule has 6 nitrogen and oxygen atoms in total. The number of thioether (sulfide) groups is 1. The van der Waals surface area contributed by atoms with Crippen LogP contribution in [-0.4, -0.2) is 38.0 Å². The van der Waals surface area contributed by atoms with Crippen molar-refractivity contribution >= 4 is 39.6 Å². The first kappa shape index (κ1) is 18.8. The monoisotopic (exact) mass is 394 g/mol. The fourth-order valence-electron chi connectivity index (χ4n) is 3.46. The smallest absolute Gasteiger partial charge is 0.180 e. The van der Waals surface area contributed by atoms with Crippen LogP contribution in [0, 0.1) is 6.92 Å². The molecular formula is C21H26N6S. The Bertz CT molecular complexity index is 1110. The summed E-state index contributed by atoms with van der Waals surface area (Å²) in [6.45, 7) is 5.04. The maximum atomic E-state index is 6.00. The fraction of sp³-hybridized carbons (Fsp3) is 0.333. The van der Waals surface area contributed by atoms with Gasteiger partial charge in [-0.15, -0.1) is 0 Å². The summed E-state index contributed by atoms with van der Waals surface area (Å²) in [6.07, 6.45) is 3.33. The van der Waals surface area contributed by atoms with Gasteiger partial charge in [-0.05, 0) is 62.1 Å². The van der Waals surface area contributed by atoms with E-state index < -0.39 is 0 Å². The molecule has 146 valence electrons. The van der Waals surface area contributed by atoms with Crippen molar-refractivity contribution in [3.05, 3.63) is 41.7 Å². The van der Waals surface area contributed by atoms with Crippen molar-refractivity contribution in [3.8, 4) is 11.3 Å². The highest BCUT2D eigenvalue weighted by Gasteiger charge is 2.13. The minimum atomic E-state index is 0.469. The minimum absolute atomic E-state index is 0.469. The first-order chi connectivity index (χ1) is 13.5. The molecule has 1 aromatic carbocycles. The van der Waals surface area contributed by atoms with E-state index in [-0.39, 0.29) is 0 Å². The van der Waals surface area contributed by atoms with Gasteiger partial charge in [0, 0.05) is 34.7 Å². The second-order valence-corrected chi connectivity index (χ2v) is 8.27. The highest BCUT2D eigenvalue weighted by atomic mass is 32.2. The standard InChI is InChI=1S/C21H26N6S/c1-12(6-7-28-3)23-11-14-4-5-17-15(8-14)9-18(26-17)16-10-19(22)27-21-20(16)24-13(2)25-21/h4-5,8-10,12,23,26H,6-7,11H2,1-3H3,(H3,22,24,25,27). The predicted molar refractivity (Wildman–Crippen MR) is 120 cm³/mol. The molecule has 0 aliphatic rings. The third-order valence-electron chi connectivity index (χ3n) is 4.98. The SMILES string of the molecule is CSCCC(C)NCc1ccc2[nH]c(-c3cc(N)nc4nc(C)[nH]c34)cc2c1. The average Bonchev–Trinajstić information content (AvgIpc) is 3.25. The summed E-state index contributed by atoms with van der Waals surface area (Å²) in [5.41, 5.74) is 11.9. The fourth-order valence-corrected chi connectivity index (χ4v) is 4.05. The average molecular weight is 395 g/mol. The van der Waals surface area contributed by atoms with Gasteiger partial charge >= 0.3 is 0 Å². The molecule has 1 unspecified atom stereocenters. The minimum Gasteiger partial charge on any atom is -0.384 e. The predicted octanol–water partition coefficient (Wildman–Crippen LogP) is 4.23. The Morgan fingerprint density at radius 2 is 2.04 bits per heavy atom. The summed E-state index contributed by atoms with van der Waals surface area (Å²) in [6, 6.07) is 11.1. The number of hydrogen-bond acceptors (Lipinski definition) is 5. The van der Waals surface area contributed by atoms with Crippen molar-refractivity contribution in [2.24, 2.45) is 0 Å². The summed E-state index contributed by atoms with van der Waals surface area (Å²) < 4.78 is 0. The Labute approximate surface area is 168 Å². The number of fused-ring (bicyclic) bond motifs is 2. The first-order valence-corrected chi connectivity index (χ1v) is 10.9. The van der Waals surface area contributed by atoms with E-state index in [2.05, 4.69) is 62.7 Å². The van der Waals surface area contributed by atoms with Crippen LogP contribution in [0.5, 0.6) is 0 Å². The molecule has 0 radical (unpaired) electrons. The zero-order valence-corrected chi connectivity index (χ0v) is 17.3. The number of benzene rings is 1. The molecule has 4 rings (SSSR count). The van der Waals surface area contributed by atoms with Crippen molar-refractivity contribution in [3.63, 3.8) is 0 Å². The van der Waals surface area contributed by atoms with E-state index >= 15 is 0 Å². The molecule has 7 heteroatoms. The van der Waals surface area contributed by atoms with Gasteiger partial charge in [0.2, 0.25) is 0 Å². The second kappa shape index (κ2) is 7.85. The molecule has 0 saturated carbocycles. The summed E-state index contributed by atoms with van der Waals surface area (Å²) in [5, 5.41) is 4.80. The van der Waals surface area contributed by atoms with Crippen LogP contribution in [0.4, 0.5) is 5.82 Å². The van der Waals surface area contributed by atoms with Crippen molar-refractivity contribution in [2.45, 2.75) is 32.9 Å². The van der Waals surface area contributed by atoms with Crippen LogP contribution in [0.2, 0.25) is 0 Å². The number of imidazole rings is 1. The van der Waals surface area contributed by atoms with E-state index in [0.717, 1.165) is 34.7 Å². The maximum Gasteiger partial charge on any atom is 0.180 e. The van der Waals surface area contributed by atoms with Crippen LogP contribution in [0.15, 0.2) is 30.3 Å². The molecular weight excluding hydrogens is 368 g/mol. The van der Waals surface area contributed by atoms with Crippen molar-refractivity contribution in [1.82, 2.24) is 25.3 Å². The summed E-state index contributed by atoms with van der Waals surface area (Å²) >= 11 is 1.89. The number of anilines is 1. The highest BCUT2D eigenvalue weighted by molar-refractivity contribution is 7.98. The molecule has 1 atom stereocenters. The number of nitrogens with one attached hydrogen (secondary N) is 3. The Hall–Kier alpha value is -2.51. The number of hydrogen-bond donors (Lipinski definition) is 4. The van der Waals surface area contributed by atoms with Crippen molar-refractivity contribution in [1.29, 1.82) is 0 Å². The molecule has 3 aromatic heterocycles. The van der Waals surface area contributed by atoms with Gasteiger partial charge in [0.25, 0.3) is 0 Å². The quantitative estimate of drug-likeness (QED) is 0.376. The van der Waals surface area contributed by atoms with Crippen LogP contribution in [0.3, 0.4) is 0 Å². The lowest BCUT2D eigenvalue weighted by Crippen LogP contribution is -2.25. The van der Waals surface area contributed by atoms with Crippen LogP contribution >= 0.6 is 11.8 Å². The zero-order chi connectivity index (χ0) is 19.7. The largest absolute Gasteiger partial charge is 0.384 e. The lowest BCUT2D eigenvalue weighted by Gasteiger charge is -2.13. The van der Waals surface area contributed by atoms with Crippen LogP contribution < -0.4 is 11.1 Å². The lowest BCUT2D eigenvalue weighted by molar-refractivity contribution is 0.538. The number of aryl methyl sites for hydroxylation is 1. The topological polar surface area (TPSA) is 95.4 Å². The molecule has 28 heavy (non-hydrogen) atoms. The Morgan fingerprint density at radius 1 is 1.18 bits per heavy atom. The molecule has 0 saturated heterocycles. The molecule has 4 aromatic rings. The summed E-state index contributed by atoms with van der Waals surface area (Å²) in [4.78, 5) is 15.5. The van der Waals surface area contributed by atoms with E-state index in [4.69, 9.17) is 5.73 Å². The number of nitrogens with two attached hydrogens (primary N) is 1. The third-order valence-corrected chi connectivity index (χ3v) is 5.63. The van der Waals surface area contributed by atoms with Gasteiger partial charge in [-0.25, -0.2) is 9.97 Å². The molecule has 0 amide bonds. The molecule has 0 fully saturated rings. The molecule has 0 bridgehead atoms. The Morgan fingerprint density at radius 3 is 2.86 bits per heavy atom.